The lowest BCUT2D eigenvalue weighted by Gasteiger charge is -2.21. The van der Waals surface area contributed by atoms with E-state index < -0.39 is 0 Å². The van der Waals surface area contributed by atoms with E-state index >= 15 is 0 Å². The minimum Gasteiger partial charge on any atom is -0.469 e. The van der Waals surface area contributed by atoms with E-state index in [9.17, 15) is 0 Å². The van der Waals surface area contributed by atoms with Crippen LogP contribution in [0.4, 0.5) is 0 Å². The molecule has 1 aromatic heterocycles. The van der Waals surface area contributed by atoms with Crippen molar-refractivity contribution in [2.24, 2.45) is 5.92 Å². The molecule has 0 aromatic carbocycles. The zero-order valence-corrected chi connectivity index (χ0v) is 9.63. The summed E-state index contributed by atoms with van der Waals surface area (Å²) < 4.78 is 5.45. The van der Waals surface area contributed by atoms with E-state index in [2.05, 4.69) is 39.1 Å². The largest absolute Gasteiger partial charge is 0.469 e. The van der Waals surface area contributed by atoms with Gasteiger partial charge in [0.25, 0.3) is 0 Å². The lowest BCUT2D eigenvalue weighted by Crippen LogP contribution is -2.25. The van der Waals surface area contributed by atoms with Gasteiger partial charge in [0, 0.05) is 18.0 Å². The maximum absolute atomic E-state index is 5.45. The first-order chi connectivity index (χ1) is 6.70. The quantitative estimate of drug-likeness (QED) is 0.780. The van der Waals surface area contributed by atoms with Crippen molar-refractivity contribution < 1.29 is 4.42 Å². The van der Waals surface area contributed by atoms with Crippen molar-refractivity contribution in [3.63, 3.8) is 0 Å². The summed E-state index contributed by atoms with van der Waals surface area (Å²) in [5.74, 6) is 1.71. The van der Waals surface area contributed by atoms with Crippen LogP contribution in [0.2, 0.25) is 0 Å². The third-order valence-corrected chi connectivity index (χ3v) is 2.53. The van der Waals surface area contributed by atoms with Gasteiger partial charge in [0.05, 0.1) is 6.26 Å². The highest BCUT2D eigenvalue weighted by molar-refractivity contribution is 5.22. The highest BCUT2D eigenvalue weighted by Gasteiger charge is 2.18. The van der Waals surface area contributed by atoms with Crippen LogP contribution in [0.5, 0.6) is 0 Å². The molecule has 0 saturated heterocycles. The molecule has 1 rings (SSSR count). The van der Waals surface area contributed by atoms with Crippen LogP contribution in [-0.4, -0.2) is 6.54 Å². The minimum absolute atomic E-state index is 0.425. The normalized spacial score (nSPS) is 13.5. The number of nitrogens with one attached hydrogen (secondary N) is 1. The summed E-state index contributed by atoms with van der Waals surface area (Å²) in [6.07, 6.45) is 2.76. The summed E-state index contributed by atoms with van der Waals surface area (Å²) in [7, 11) is 0. The summed E-state index contributed by atoms with van der Waals surface area (Å²) in [5, 5.41) is 3.50. The Morgan fingerprint density at radius 3 is 2.57 bits per heavy atom. The maximum atomic E-state index is 5.45. The monoisotopic (exact) mass is 195 g/mol. The molecule has 0 bridgehead atoms. The van der Waals surface area contributed by atoms with E-state index in [1.165, 1.54) is 5.56 Å². The average Bonchev–Trinajstić information content (AvgIpc) is 2.61. The van der Waals surface area contributed by atoms with Crippen LogP contribution in [0.15, 0.2) is 16.7 Å². The molecule has 80 valence electrons. The van der Waals surface area contributed by atoms with Crippen molar-refractivity contribution in [2.75, 3.05) is 6.54 Å². The smallest absolute Gasteiger partial charge is 0.108 e. The highest BCUT2D eigenvalue weighted by atomic mass is 16.3. The van der Waals surface area contributed by atoms with Crippen molar-refractivity contribution in [3.8, 4) is 0 Å². The number of hydrogen-bond donors (Lipinski definition) is 1. The number of furan rings is 1. The molecule has 0 fully saturated rings. The minimum atomic E-state index is 0.425. The van der Waals surface area contributed by atoms with Crippen LogP contribution in [0.25, 0.3) is 0 Å². The van der Waals surface area contributed by atoms with Crippen LogP contribution >= 0.6 is 0 Å². The molecule has 0 amide bonds. The molecule has 1 heterocycles. The molecule has 0 radical (unpaired) electrons. The van der Waals surface area contributed by atoms with Crippen LogP contribution in [0, 0.1) is 5.92 Å². The molecular formula is C12H21NO. The van der Waals surface area contributed by atoms with Gasteiger partial charge in [-0.1, -0.05) is 27.7 Å². The average molecular weight is 195 g/mol. The lowest BCUT2D eigenvalue weighted by atomic mass is 9.95. The number of hydrogen-bond acceptors (Lipinski definition) is 2. The molecule has 0 spiro atoms. The molecule has 0 aliphatic rings. The van der Waals surface area contributed by atoms with Crippen molar-refractivity contribution in [2.45, 2.75) is 40.2 Å². The van der Waals surface area contributed by atoms with Gasteiger partial charge in [0.2, 0.25) is 0 Å². The fourth-order valence-electron chi connectivity index (χ4n) is 1.84. The Kier molecular flexibility index (Phi) is 4.21. The van der Waals surface area contributed by atoms with Gasteiger partial charge in [-0.15, -0.1) is 0 Å². The van der Waals surface area contributed by atoms with Crippen LogP contribution in [0.1, 0.15) is 45.1 Å². The molecule has 1 N–H and O–H groups in total. The first-order valence-electron chi connectivity index (χ1n) is 5.50. The van der Waals surface area contributed by atoms with Gasteiger partial charge in [0.1, 0.15) is 5.76 Å². The van der Waals surface area contributed by atoms with Gasteiger partial charge in [-0.05, 0) is 18.5 Å². The van der Waals surface area contributed by atoms with Crippen LogP contribution in [-0.2, 0) is 6.42 Å². The van der Waals surface area contributed by atoms with Gasteiger partial charge in [0.15, 0.2) is 0 Å². The van der Waals surface area contributed by atoms with Gasteiger partial charge in [-0.25, -0.2) is 0 Å². The Hall–Kier alpha value is -0.760. The Labute approximate surface area is 86.7 Å². The molecule has 0 aliphatic carbocycles. The molecule has 1 aromatic rings. The first kappa shape index (κ1) is 11.3. The van der Waals surface area contributed by atoms with Crippen LogP contribution in [0.3, 0.4) is 0 Å². The van der Waals surface area contributed by atoms with Crippen molar-refractivity contribution in [3.05, 3.63) is 23.7 Å². The van der Waals surface area contributed by atoms with Gasteiger partial charge in [-0.3, -0.25) is 0 Å². The van der Waals surface area contributed by atoms with Gasteiger partial charge in [-0.2, -0.15) is 0 Å². The lowest BCUT2D eigenvalue weighted by molar-refractivity contribution is 0.408. The fourth-order valence-corrected chi connectivity index (χ4v) is 1.84. The van der Waals surface area contributed by atoms with Gasteiger partial charge >= 0.3 is 0 Å². The standard InChI is InChI=1S/C12H21NO/c1-5-11-10(7-8-14-11)12(9(3)4)13-6-2/h7-9,12-13H,5-6H2,1-4H3. The summed E-state index contributed by atoms with van der Waals surface area (Å²) in [6, 6.07) is 2.51. The summed E-state index contributed by atoms with van der Waals surface area (Å²) >= 11 is 0. The van der Waals surface area contributed by atoms with E-state index in [1.807, 2.05) is 0 Å². The number of rotatable bonds is 5. The predicted molar refractivity (Wildman–Crippen MR) is 59.3 cm³/mol. The third-order valence-electron chi connectivity index (χ3n) is 2.53. The van der Waals surface area contributed by atoms with Crippen molar-refractivity contribution in [1.82, 2.24) is 5.32 Å². The number of aryl methyl sites for hydroxylation is 1. The zero-order chi connectivity index (χ0) is 10.6. The topological polar surface area (TPSA) is 25.2 Å². The van der Waals surface area contributed by atoms with Crippen molar-refractivity contribution >= 4 is 0 Å². The second kappa shape index (κ2) is 5.20. The molecule has 2 nitrogen and oxygen atoms in total. The molecule has 0 aliphatic heterocycles. The maximum Gasteiger partial charge on any atom is 0.108 e. The Balaban J connectivity index is 2.86. The van der Waals surface area contributed by atoms with Crippen molar-refractivity contribution in [1.29, 1.82) is 0 Å². The van der Waals surface area contributed by atoms with E-state index in [4.69, 9.17) is 4.42 Å². The Morgan fingerprint density at radius 1 is 1.36 bits per heavy atom. The first-order valence-corrected chi connectivity index (χ1v) is 5.50. The van der Waals surface area contributed by atoms with Crippen LogP contribution < -0.4 is 5.32 Å². The second-order valence-electron chi connectivity index (χ2n) is 3.93. The van der Waals surface area contributed by atoms with E-state index in [0.29, 0.717) is 12.0 Å². The molecule has 0 saturated carbocycles. The Morgan fingerprint density at radius 2 is 2.07 bits per heavy atom. The summed E-state index contributed by atoms with van der Waals surface area (Å²) in [4.78, 5) is 0. The molecule has 1 unspecified atom stereocenters. The molecular weight excluding hydrogens is 174 g/mol. The molecule has 1 atom stereocenters. The zero-order valence-electron chi connectivity index (χ0n) is 9.63. The molecule has 14 heavy (non-hydrogen) atoms. The Bertz CT molecular complexity index is 265. The fraction of sp³-hybridized carbons (Fsp3) is 0.667. The second-order valence-corrected chi connectivity index (χ2v) is 3.93. The van der Waals surface area contributed by atoms with E-state index in [-0.39, 0.29) is 0 Å². The summed E-state index contributed by atoms with van der Waals surface area (Å²) in [5.41, 5.74) is 1.32. The van der Waals surface area contributed by atoms with Gasteiger partial charge < -0.3 is 9.73 Å². The summed E-state index contributed by atoms with van der Waals surface area (Å²) in [6.45, 7) is 9.74. The molecule has 2 heteroatoms. The van der Waals surface area contributed by atoms with E-state index in [1.54, 1.807) is 6.26 Å². The van der Waals surface area contributed by atoms with E-state index in [0.717, 1.165) is 18.7 Å². The SMILES string of the molecule is CCNC(c1ccoc1CC)C(C)C. The predicted octanol–water partition coefficient (Wildman–Crippen LogP) is 3.15. The highest BCUT2D eigenvalue weighted by Crippen LogP contribution is 2.26. The third kappa shape index (κ3) is 2.38.